The molecule has 1 fully saturated rings. The van der Waals surface area contributed by atoms with Crippen molar-refractivity contribution in [2.24, 2.45) is 11.3 Å². The van der Waals surface area contributed by atoms with Crippen LogP contribution in [0.2, 0.25) is 0 Å². The van der Waals surface area contributed by atoms with Crippen molar-refractivity contribution in [2.75, 3.05) is 6.61 Å². The first-order chi connectivity index (χ1) is 18.3. The maximum atomic E-state index is 12.6. The molecule has 2 aliphatic carbocycles. The molecule has 0 radical (unpaired) electrons. The van der Waals surface area contributed by atoms with E-state index in [1.165, 1.54) is 115 Å². The predicted molar refractivity (Wildman–Crippen MR) is 163 cm³/mol. The fourth-order valence-electron chi connectivity index (χ4n) is 7.78. The van der Waals surface area contributed by atoms with Crippen LogP contribution in [0.5, 0.6) is 0 Å². The number of hydrogen-bond donors (Lipinski definition) is 0. The van der Waals surface area contributed by atoms with Gasteiger partial charge in [0.05, 0.1) is 6.61 Å². The summed E-state index contributed by atoms with van der Waals surface area (Å²) in [5.74, 6) is 1.20. The zero-order valence-corrected chi connectivity index (χ0v) is 25.8. The van der Waals surface area contributed by atoms with Crippen LogP contribution in [0, 0.1) is 11.3 Å². The molecular formula is C36H60O2. The quantitative estimate of drug-likeness (QED) is 0.150. The highest BCUT2D eigenvalue weighted by Gasteiger charge is 2.52. The summed E-state index contributed by atoms with van der Waals surface area (Å²) in [7, 11) is 0. The Kier molecular flexibility index (Phi) is 12.7. The molecule has 3 atom stereocenters. The number of carbonyl (C=O) groups excluding carboxylic acids is 1. The second kappa shape index (κ2) is 15.5. The molecule has 3 rings (SSSR count). The fraction of sp³-hybridized carbons (Fsp3) is 0.806. The number of esters is 1. The summed E-state index contributed by atoms with van der Waals surface area (Å²) in [5, 5.41) is 0. The van der Waals surface area contributed by atoms with Gasteiger partial charge < -0.3 is 4.74 Å². The van der Waals surface area contributed by atoms with Gasteiger partial charge in [-0.1, -0.05) is 136 Å². The van der Waals surface area contributed by atoms with Crippen LogP contribution in [-0.4, -0.2) is 12.6 Å². The van der Waals surface area contributed by atoms with Crippen LogP contribution >= 0.6 is 0 Å². The molecule has 0 aliphatic heterocycles. The van der Waals surface area contributed by atoms with Gasteiger partial charge in [-0.05, 0) is 66.0 Å². The van der Waals surface area contributed by atoms with Crippen molar-refractivity contribution in [2.45, 2.75) is 168 Å². The maximum absolute atomic E-state index is 12.6. The largest absolute Gasteiger partial charge is 0.465 e. The molecule has 216 valence electrons. The summed E-state index contributed by atoms with van der Waals surface area (Å²) in [6, 6.07) is 7.27. The zero-order valence-electron chi connectivity index (χ0n) is 25.8. The van der Waals surface area contributed by atoms with Crippen LogP contribution in [0.4, 0.5) is 0 Å². The molecule has 1 aromatic rings. The van der Waals surface area contributed by atoms with Gasteiger partial charge in [0.1, 0.15) is 0 Å². The van der Waals surface area contributed by atoms with Crippen LogP contribution in [-0.2, 0) is 21.4 Å². The van der Waals surface area contributed by atoms with Crippen molar-refractivity contribution < 1.29 is 9.53 Å². The standard InChI is InChI=1S/C36H60O2/c1-6-7-8-9-10-11-12-13-14-15-16-17-18-20-34(37)38-28-35(4)25-19-26-36(5)32-23-21-30(29(2)3)27-31(32)22-24-33(35)36/h21,23,27,29,33H,6-20,22,24-26,28H2,1-5H3/t33-,35-,36+/m0/s1. The predicted octanol–water partition coefficient (Wildman–Crippen LogP) is 10.8. The van der Waals surface area contributed by atoms with Crippen LogP contribution in [0.1, 0.15) is 173 Å². The SMILES string of the molecule is CCCCCCCCCCCCCCCC(=O)OC[C@]1(C)CCC[C@]2(C)c3ccc(C(C)C)cc3CC[C@@H]12. The highest BCUT2D eigenvalue weighted by atomic mass is 16.5. The van der Waals surface area contributed by atoms with E-state index in [2.05, 4.69) is 52.8 Å². The first-order valence-corrected chi connectivity index (χ1v) is 16.6. The van der Waals surface area contributed by atoms with E-state index in [1.807, 2.05) is 0 Å². The number of aryl methyl sites for hydroxylation is 1. The Balaban J connectivity index is 1.34. The Morgan fingerprint density at radius 2 is 1.50 bits per heavy atom. The normalized spacial score (nSPS) is 24.7. The highest BCUT2D eigenvalue weighted by Crippen LogP contribution is 2.57. The van der Waals surface area contributed by atoms with Crippen LogP contribution in [0.3, 0.4) is 0 Å². The van der Waals surface area contributed by atoms with Gasteiger partial charge >= 0.3 is 5.97 Å². The summed E-state index contributed by atoms with van der Waals surface area (Å²) >= 11 is 0. The maximum Gasteiger partial charge on any atom is 0.305 e. The Morgan fingerprint density at radius 1 is 0.895 bits per heavy atom. The van der Waals surface area contributed by atoms with Gasteiger partial charge in [-0.25, -0.2) is 0 Å². The molecule has 2 heteroatoms. The highest BCUT2D eigenvalue weighted by molar-refractivity contribution is 5.69. The lowest BCUT2D eigenvalue weighted by molar-refractivity contribution is -0.151. The minimum atomic E-state index is 0.0272. The van der Waals surface area contributed by atoms with Gasteiger partial charge in [0.2, 0.25) is 0 Å². The first-order valence-electron chi connectivity index (χ1n) is 16.6. The van der Waals surface area contributed by atoms with Gasteiger partial charge in [-0.3, -0.25) is 4.79 Å². The van der Waals surface area contributed by atoms with Gasteiger partial charge in [-0.2, -0.15) is 0 Å². The molecule has 0 heterocycles. The molecule has 0 amide bonds. The zero-order chi connectivity index (χ0) is 27.4. The summed E-state index contributed by atoms with van der Waals surface area (Å²) in [6.45, 7) is 12.4. The molecule has 0 bridgehead atoms. The molecule has 2 aliphatic rings. The van der Waals surface area contributed by atoms with Gasteiger partial charge in [0.15, 0.2) is 0 Å². The lowest BCUT2D eigenvalue weighted by atomic mass is 9.50. The fourth-order valence-corrected chi connectivity index (χ4v) is 7.78. The van der Waals surface area contributed by atoms with Crippen molar-refractivity contribution in [1.29, 1.82) is 0 Å². The van der Waals surface area contributed by atoms with E-state index in [-0.39, 0.29) is 16.8 Å². The number of hydrogen-bond acceptors (Lipinski definition) is 2. The molecule has 0 saturated heterocycles. The summed E-state index contributed by atoms with van der Waals surface area (Å²) in [4.78, 5) is 12.6. The number of ether oxygens (including phenoxy) is 1. The topological polar surface area (TPSA) is 26.3 Å². The number of carbonyl (C=O) groups is 1. The van der Waals surface area contributed by atoms with Gasteiger partial charge in [0.25, 0.3) is 0 Å². The average Bonchev–Trinajstić information content (AvgIpc) is 2.90. The number of unbranched alkanes of at least 4 members (excludes halogenated alkanes) is 12. The van der Waals surface area contributed by atoms with Crippen molar-refractivity contribution in [1.82, 2.24) is 0 Å². The molecule has 0 spiro atoms. The molecule has 1 aromatic carbocycles. The number of fused-ring (bicyclic) bond motifs is 3. The van der Waals surface area contributed by atoms with Crippen LogP contribution < -0.4 is 0 Å². The van der Waals surface area contributed by atoms with Crippen molar-refractivity contribution >= 4 is 5.97 Å². The number of rotatable bonds is 17. The first kappa shape index (κ1) is 31.2. The van der Waals surface area contributed by atoms with E-state index in [9.17, 15) is 4.79 Å². The third kappa shape index (κ3) is 8.59. The Labute approximate surface area is 236 Å². The number of benzene rings is 1. The minimum absolute atomic E-state index is 0.0272. The minimum Gasteiger partial charge on any atom is -0.465 e. The third-order valence-electron chi connectivity index (χ3n) is 10.2. The average molecular weight is 525 g/mol. The van der Waals surface area contributed by atoms with E-state index < -0.39 is 0 Å². The lowest BCUT2D eigenvalue weighted by Gasteiger charge is -2.55. The van der Waals surface area contributed by atoms with Crippen molar-refractivity contribution in [3.63, 3.8) is 0 Å². The van der Waals surface area contributed by atoms with E-state index >= 15 is 0 Å². The van der Waals surface area contributed by atoms with E-state index in [0.717, 1.165) is 6.42 Å². The third-order valence-corrected chi connectivity index (χ3v) is 10.2. The summed E-state index contributed by atoms with van der Waals surface area (Å²) in [5.41, 5.74) is 4.90. The van der Waals surface area contributed by atoms with E-state index in [0.29, 0.717) is 24.9 Å². The molecule has 1 saturated carbocycles. The second-order valence-electron chi connectivity index (χ2n) is 13.7. The molecule has 38 heavy (non-hydrogen) atoms. The molecule has 2 nitrogen and oxygen atoms in total. The molecular weight excluding hydrogens is 464 g/mol. The molecule has 0 aromatic heterocycles. The van der Waals surface area contributed by atoms with Crippen LogP contribution in [0.15, 0.2) is 18.2 Å². The van der Waals surface area contributed by atoms with Crippen LogP contribution in [0.25, 0.3) is 0 Å². The van der Waals surface area contributed by atoms with E-state index in [1.54, 1.807) is 11.1 Å². The van der Waals surface area contributed by atoms with E-state index in [4.69, 9.17) is 4.74 Å². The van der Waals surface area contributed by atoms with Gasteiger partial charge in [0, 0.05) is 11.8 Å². The Hall–Kier alpha value is -1.31. The Bertz CT molecular complexity index is 842. The van der Waals surface area contributed by atoms with Crippen molar-refractivity contribution in [3.05, 3.63) is 34.9 Å². The van der Waals surface area contributed by atoms with Crippen molar-refractivity contribution in [3.8, 4) is 0 Å². The summed E-state index contributed by atoms with van der Waals surface area (Å²) in [6.07, 6.45) is 24.0. The molecule has 0 unspecified atom stereocenters. The molecule has 0 N–H and O–H groups in total. The lowest BCUT2D eigenvalue weighted by Crippen LogP contribution is -2.51. The monoisotopic (exact) mass is 524 g/mol. The smallest absolute Gasteiger partial charge is 0.305 e. The second-order valence-corrected chi connectivity index (χ2v) is 13.7. The van der Waals surface area contributed by atoms with Gasteiger partial charge in [-0.15, -0.1) is 0 Å². The Morgan fingerprint density at radius 3 is 2.11 bits per heavy atom. The summed E-state index contributed by atoms with van der Waals surface area (Å²) < 4.78 is 5.99.